The van der Waals surface area contributed by atoms with Crippen molar-refractivity contribution in [2.45, 2.75) is 26.9 Å². The number of benzene rings is 1. The number of rotatable bonds is 6. The van der Waals surface area contributed by atoms with E-state index in [0.717, 1.165) is 16.9 Å². The minimum atomic E-state index is -0.678. The molecule has 3 rings (SSSR count). The van der Waals surface area contributed by atoms with Gasteiger partial charge in [0, 0.05) is 6.08 Å². The first-order chi connectivity index (χ1) is 13.8. The fourth-order valence-electron chi connectivity index (χ4n) is 2.70. The lowest BCUT2D eigenvalue weighted by Crippen LogP contribution is -2.16. The number of anilines is 1. The highest BCUT2D eigenvalue weighted by atomic mass is 32.1. The third-order valence-electron chi connectivity index (χ3n) is 3.98. The Labute approximate surface area is 171 Å². The molecule has 0 atom stereocenters. The Balaban J connectivity index is 1.81. The van der Waals surface area contributed by atoms with E-state index in [1.807, 2.05) is 0 Å². The molecule has 1 aromatic heterocycles. The van der Waals surface area contributed by atoms with Crippen LogP contribution in [0, 0.1) is 6.92 Å². The molecule has 8 nitrogen and oxygen atoms in total. The van der Waals surface area contributed by atoms with E-state index in [1.165, 1.54) is 6.08 Å². The van der Waals surface area contributed by atoms with Crippen LogP contribution in [0.25, 0.3) is 6.08 Å². The summed E-state index contributed by atoms with van der Waals surface area (Å²) in [6.45, 7) is 5.17. The highest BCUT2D eigenvalue weighted by Crippen LogP contribution is 2.34. The van der Waals surface area contributed by atoms with E-state index in [2.05, 4.69) is 5.32 Å². The van der Waals surface area contributed by atoms with E-state index < -0.39 is 17.8 Å². The molecule has 0 bridgehead atoms. The number of thiophene rings is 1. The zero-order valence-corrected chi connectivity index (χ0v) is 16.9. The van der Waals surface area contributed by atoms with Gasteiger partial charge in [0.05, 0.1) is 16.5 Å². The summed E-state index contributed by atoms with van der Waals surface area (Å²) >= 11 is 0.938. The summed E-state index contributed by atoms with van der Waals surface area (Å²) in [7, 11) is 0. The molecule has 0 aliphatic carbocycles. The van der Waals surface area contributed by atoms with Crippen LogP contribution in [0.5, 0.6) is 11.5 Å². The SMILES string of the molecule is Cc1c(C(N)=O)sc(NC(=O)C=Cc2ccc3c(c2)OCO3)c1C(=O)OC(C)C. The molecule has 0 fully saturated rings. The minimum Gasteiger partial charge on any atom is -0.459 e. The Kier molecular flexibility index (Phi) is 5.88. The molecule has 1 aliphatic heterocycles. The van der Waals surface area contributed by atoms with Crippen LogP contribution < -0.4 is 20.5 Å². The van der Waals surface area contributed by atoms with E-state index in [0.29, 0.717) is 17.1 Å². The maximum Gasteiger partial charge on any atom is 0.341 e. The monoisotopic (exact) mass is 416 g/mol. The fraction of sp³-hybridized carbons (Fsp3) is 0.250. The molecule has 0 saturated carbocycles. The largest absolute Gasteiger partial charge is 0.459 e. The summed E-state index contributed by atoms with van der Waals surface area (Å²) in [5, 5.41) is 2.84. The molecule has 1 aliphatic rings. The van der Waals surface area contributed by atoms with E-state index in [-0.39, 0.29) is 28.3 Å². The predicted molar refractivity (Wildman–Crippen MR) is 108 cm³/mol. The van der Waals surface area contributed by atoms with Crippen molar-refractivity contribution < 1.29 is 28.6 Å². The maximum absolute atomic E-state index is 12.4. The van der Waals surface area contributed by atoms with E-state index in [9.17, 15) is 14.4 Å². The average Bonchev–Trinajstić information content (AvgIpc) is 3.23. The van der Waals surface area contributed by atoms with Crippen molar-refractivity contribution in [2.24, 2.45) is 5.73 Å². The van der Waals surface area contributed by atoms with Gasteiger partial charge >= 0.3 is 5.97 Å². The summed E-state index contributed by atoms with van der Waals surface area (Å²) < 4.78 is 15.8. The van der Waals surface area contributed by atoms with Crippen molar-refractivity contribution in [3.8, 4) is 11.5 Å². The third kappa shape index (κ3) is 4.57. The lowest BCUT2D eigenvalue weighted by Gasteiger charge is -2.09. The van der Waals surface area contributed by atoms with E-state index in [4.69, 9.17) is 19.9 Å². The molecule has 29 heavy (non-hydrogen) atoms. The first kappa shape index (κ1) is 20.4. The minimum absolute atomic E-state index is 0.127. The lowest BCUT2D eigenvalue weighted by molar-refractivity contribution is -0.111. The summed E-state index contributed by atoms with van der Waals surface area (Å²) in [4.78, 5) is 36.7. The number of hydrogen-bond donors (Lipinski definition) is 2. The predicted octanol–water partition coefficient (Wildman–Crippen LogP) is 3.10. The van der Waals surface area contributed by atoms with E-state index >= 15 is 0 Å². The Morgan fingerprint density at radius 1 is 1.24 bits per heavy atom. The molecule has 0 spiro atoms. The number of esters is 1. The third-order valence-corrected chi connectivity index (χ3v) is 5.20. The van der Waals surface area contributed by atoms with Crippen LogP contribution in [0.1, 0.15) is 45.0 Å². The molecular formula is C20H20N2O6S. The van der Waals surface area contributed by atoms with Gasteiger partial charge in [0.15, 0.2) is 11.5 Å². The van der Waals surface area contributed by atoms with Crippen LogP contribution in [0.4, 0.5) is 5.00 Å². The highest BCUT2D eigenvalue weighted by molar-refractivity contribution is 7.18. The molecule has 152 valence electrons. The van der Waals surface area contributed by atoms with Crippen LogP contribution in [-0.2, 0) is 9.53 Å². The van der Waals surface area contributed by atoms with Gasteiger partial charge in [-0.15, -0.1) is 11.3 Å². The zero-order valence-electron chi connectivity index (χ0n) is 16.1. The second-order valence-electron chi connectivity index (χ2n) is 6.51. The van der Waals surface area contributed by atoms with Gasteiger partial charge in [-0.3, -0.25) is 9.59 Å². The van der Waals surface area contributed by atoms with Crippen LogP contribution >= 0.6 is 11.3 Å². The Morgan fingerprint density at radius 2 is 1.97 bits per heavy atom. The standard InChI is InChI=1S/C20H20N2O6S/c1-10(2)28-20(25)16-11(3)17(18(21)24)29-19(16)22-15(23)7-5-12-4-6-13-14(8-12)27-9-26-13/h4-8,10H,9H2,1-3H3,(H2,21,24)(H,22,23). The van der Waals surface area contributed by atoms with Crippen LogP contribution in [0.15, 0.2) is 24.3 Å². The normalized spacial score (nSPS) is 12.4. The Bertz CT molecular complexity index is 1010. The smallest absolute Gasteiger partial charge is 0.341 e. The van der Waals surface area contributed by atoms with Gasteiger partial charge in [-0.25, -0.2) is 4.79 Å². The number of nitrogens with one attached hydrogen (secondary N) is 1. The number of ether oxygens (including phenoxy) is 3. The average molecular weight is 416 g/mol. The number of carbonyl (C=O) groups excluding carboxylic acids is 3. The number of amides is 2. The summed E-state index contributed by atoms with van der Waals surface area (Å²) in [6, 6.07) is 5.28. The van der Waals surface area contributed by atoms with Crippen LogP contribution in [0.3, 0.4) is 0 Å². The van der Waals surface area contributed by atoms with Gasteiger partial charge in [0.25, 0.3) is 5.91 Å². The van der Waals surface area contributed by atoms with Crippen molar-refractivity contribution in [2.75, 3.05) is 12.1 Å². The van der Waals surface area contributed by atoms with Crippen molar-refractivity contribution >= 4 is 40.2 Å². The highest BCUT2D eigenvalue weighted by Gasteiger charge is 2.26. The molecule has 2 heterocycles. The van der Waals surface area contributed by atoms with Gasteiger partial charge in [-0.2, -0.15) is 0 Å². The van der Waals surface area contributed by atoms with Crippen LogP contribution in [-0.4, -0.2) is 30.7 Å². The van der Waals surface area contributed by atoms with Gasteiger partial charge in [0.2, 0.25) is 12.7 Å². The van der Waals surface area contributed by atoms with Crippen molar-refractivity contribution in [3.05, 3.63) is 45.8 Å². The maximum atomic E-state index is 12.4. The molecule has 0 radical (unpaired) electrons. The molecule has 2 amide bonds. The topological polar surface area (TPSA) is 117 Å². The number of hydrogen-bond acceptors (Lipinski definition) is 7. The van der Waals surface area contributed by atoms with E-state index in [1.54, 1.807) is 45.0 Å². The quantitative estimate of drug-likeness (QED) is 0.552. The first-order valence-electron chi connectivity index (χ1n) is 8.79. The summed E-state index contributed by atoms with van der Waals surface area (Å²) in [5.74, 6) is -0.531. The molecule has 0 saturated heterocycles. The second-order valence-corrected chi connectivity index (χ2v) is 7.53. The van der Waals surface area contributed by atoms with Gasteiger partial charge in [-0.05, 0) is 50.1 Å². The molecule has 9 heteroatoms. The summed E-state index contributed by atoms with van der Waals surface area (Å²) in [5.41, 5.74) is 6.62. The molecule has 3 N–H and O–H groups in total. The van der Waals surface area contributed by atoms with Crippen molar-refractivity contribution in [1.82, 2.24) is 0 Å². The Morgan fingerprint density at radius 3 is 2.66 bits per heavy atom. The Hall–Kier alpha value is -3.33. The number of carbonyl (C=O) groups is 3. The van der Waals surface area contributed by atoms with Gasteiger partial charge < -0.3 is 25.3 Å². The number of fused-ring (bicyclic) bond motifs is 1. The molecular weight excluding hydrogens is 396 g/mol. The second kappa shape index (κ2) is 8.36. The molecule has 2 aromatic rings. The molecule has 0 unspecified atom stereocenters. The first-order valence-corrected chi connectivity index (χ1v) is 9.60. The van der Waals surface area contributed by atoms with Crippen molar-refractivity contribution in [1.29, 1.82) is 0 Å². The number of nitrogens with two attached hydrogens (primary N) is 1. The summed E-state index contributed by atoms with van der Waals surface area (Å²) in [6.07, 6.45) is 2.56. The van der Waals surface area contributed by atoms with Gasteiger partial charge in [0.1, 0.15) is 5.00 Å². The molecule has 1 aromatic carbocycles. The van der Waals surface area contributed by atoms with Gasteiger partial charge in [-0.1, -0.05) is 6.07 Å². The number of primary amides is 1. The van der Waals surface area contributed by atoms with Crippen LogP contribution in [0.2, 0.25) is 0 Å². The van der Waals surface area contributed by atoms with Crippen molar-refractivity contribution in [3.63, 3.8) is 0 Å². The fourth-order valence-corrected chi connectivity index (χ4v) is 3.75. The zero-order chi connectivity index (χ0) is 21.1. The lowest BCUT2D eigenvalue weighted by atomic mass is 10.1.